The third kappa shape index (κ3) is 3.53. The largest absolute Gasteiger partial charge is 0.493 e. The van der Waals surface area contributed by atoms with Crippen molar-refractivity contribution in [1.29, 1.82) is 0 Å². The number of nitrogens with one attached hydrogen (secondary N) is 2. The molecule has 0 atom stereocenters. The minimum atomic E-state index is -0.297. The lowest BCUT2D eigenvalue weighted by atomic mass is 10.00. The van der Waals surface area contributed by atoms with Crippen molar-refractivity contribution in [1.82, 2.24) is 0 Å². The van der Waals surface area contributed by atoms with Crippen molar-refractivity contribution in [2.24, 2.45) is 0 Å². The van der Waals surface area contributed by atoms with Crippen molar-refractivity contribution in [3.05, 3.63) is 46.5 Å². The minimum Gasteiger partial charge on any atom is -0.493 e. The number of carbonyl (C=O) groups excluding carboxylic acids is 2. The summed E-state index contributed by atoms with van der Waals surface area (Å²) in [6.45, 7) is 0. The first kappa shape index (κ1) is 17.1. The van der Waals surface area contributed by atoms with Gasteiger partial charge in [0.1, 0.15) is 0 Å². The lowest BCUT2D eigenvalue weighted by Crippen LogP contribution is -2.20. The maximum Gasteiger partial charge on any atom is 0.255 e. The molecule has 1 aliphatic heterocycles. The summed E-state index contributed by atoms with van der Waals surface area (Å²) < 4.78 is 10.4. The van der Waals surface area contributed by atoms with Crippen LogP contribution in [0.25, 0.3) is 0 Å². The Hall–Kier alpha value is -2.73. The number of benzene rings is 2. The Kier molecular flexibility index (Phi) is 4.81. The van der Waals surface area contributed by atoms with E-state index in [1.807, 2.05) is 0 Å². The number of aryl methyl sites for hydroxylation is 1. The van der Waals surface area contributed by atoms with E-state index in [-0.39, 0.29) is 11.8 Å². The molecule has 3 rings (SSSR count). The van der Waals surface area contributed by atoms with Crippen LogP contribution >= 0.6 is 11.6 Å². The molecule has 2 aromatic rings. The summed E-state index contributed by atoms with van der Waals surface area (Å²) in [5, 5.41) is 5.91. The third-order valence-corrected chi connectivity index (χ3v) is 4.30. The van der Waals surface area contributed by atoms with E-state index in [2.05, 4.69) is 10.6 Å². The second-order valence-electron chi connectivity index (χ2n) is 5.56. The van der Waals surface area contributed by atoms with E-state index in [0.29, 0.717) is 40.6 Å². The molecule has 2 N–H and O–H groups in total. The molecular weight excluding hydrogens is 344 g/mol. The van der Waals surface area contributed by atoms with Gasteiger partial charge in [-0.25, -0.2) is 0 Å². The molecule has 25 heavy (non-hydrogen) atoms. The Balaban J connectivity index is 1.84. The van der Waals surface area contributed by atoms with Gasteiger partial charge >= 0.3 is 0 Å². The van der Waals surface area contributed by atoms with Crippen molar-refractivity contribution in [3.63, 3.8) is 0 Å². The summed E-state index contributed by atoms with van der Waals surface area (Å²) in [4.78, 5) is 24.0. The second-order valence-corrected chi connectivity index (χ2v) is 5.97. The fourth-order valence-electron chi connectivity index (χ4n) is 2.67. The van der Waals surface area contributed by atoms with Crippen molar-refractivity contribution < 1.29 is 19.1 Å². The van der Waals surface area contributed by atoms with E-state index in [9.17, 15) is 9.59 Å². The van der Waals surface area contributed by atoms with E-state index in [0.717, 1.165) is 11.3 Å². The van der Waals surface area contributed by atoms with Gasteiger partial charge in [0.25, 0.3) is 5.91 Å². The predicted octanol–water partition coefficient (Wildman–Crippen LogP) is 3.49. The van der Waals surface area contributed by atoms with Gasteiger partial charge < -0.3 is 20.1 Å². The lowest BCUT2D eigenvalue weighted by molar-refractivity contribution is -0.116. The fraction of sp³-hybridized carbons (Fsp3) is 0.222. The summed E-state index contributed by atoms with van der Waals surface area (Å²) in [7, 11) is 3.02. The lowest BCUT2D eigenvalue weighted by Gasteiger charge is -2.17. The maximum atomic E-state index is 12.5. The van der Waals surface area contributed by atoms with E-state index in [1.165, 1.54) is 14.2 Å². The third-order valence-electron chi connectivity index (χ3n) is 3.98. The van der Waals surface area contributed by atoms with Crippen molar-refractivity contribution in [2.45, 2.75) is 12.8 Å². The van der Waals surface area contributed by atoms with Crippen LogP contribution in [0.4, 0.5) is 11.4 Å². The molecule has 0 fully saturated rings. The van der Waals surface area contributed by atoms with Gasteiger partial charge in [-0.2, -0.15) is 0 Å². The van der Waals surface area contributed by atoms with Crippen LogP contribution in [0.15, 0.2) is 30.3 Å². The molecule has 1 aliphatic rings. The van der Waals surface area contributed by atoms with Crippen LogP contribution in [0.5, 0.6) is 11.5 Å². The first-order chi connectivity index (χ1) is 12.0. The second kappa shape index (κ2) is 7.03. The molecule has 0 unspecified atom stereocenters. The number of amides is 2. The van der Waals surface area contributed by atoms with E-state index in [4.69, 9.17) is 21.1 Å². The molecule has 0 bridgehead atoms. The van der Waals surface area contributed by atoms with Crippen LogP contribution in [0.2, 0.25) is 5.02 Å². The zero-order chi connectivity index (χ0) is 18.0. The molecule has 2 aromatic carbocycles. The zero-order valence-electron chi connectivity index (χ0n) is 13.8. The van der Waals surface area contributed by atoms with Gasteiger partial charge in [-0.15, -0.1) is 0 Å². The van der Waals surface area contributed by atoms with Gasteiger partial charge in [0.15, 0.2) is 11.5 Å². The molecule has 0 aromatic heterocycles. The molecule has 0 saturated heterocycles. The Morgan fingerprint density at radius 1 is 1.12 bits per heavy atom. The highest BCUT2D eigenvalue weighted by atomic mass is 35.5. The summed E-state index contributed by atoms with van der Waals surface area (Å²) in [5.41, 5.74) is 2.60. The monoisotopic (exact) mass is 360 g/mol. The number of rotatable bonds is 4. The van der Waals surface area contributed by atoms with Crippen LogP contribution in [0.3, 0.4) is 0 Å². The zero-order valence-corrected chi connectivity index (χ0v) is 14.6. The van der Waals surface area contributed by atoms with E-state index >= 15 is 0 Å². The van der Waals surface area contributed by atoms with Gasteiger partial charge in [0.2, 0.25) is 5.91 Å². The number of fused-ring (bicyclic) bond motifs is 1. The SMILES string of the molecule is COc1cc(Cl)c(NC(=O)c2ccc3c(c2)CCC(=O)N3)cc1OC. The molecular formula is C18H17ClN2O4. The molecule has 1 heterocycles. The molecule has 0 spiro atoms. The van der Waals surface area contributed by atoms with Crippen molar-refractivity contribution >= 4 is 34.8 Å². The maximum absolute atomic E-state index is 12.5. The standard InChI is InChI=1S/C18H17ClN2O4/c1-24-15-8-12(19)14(9-16(15)25-2)21-18(23)11-3-5-13-10(7-11)4-6-17(22)20-13/h3,5,7-9H,4,6H2,1-2H3,(H,20,22)(H,21,23). The number of hydrogen-bond acceptors (Lipinski definition) is 4. The number of carbonyl (C=O) groups is 2. The van der Waals surface area contributed by atoms with Crippen LogP contribution < -0.4 is 20.1 Å². The number of halogens is 1. The normalized spacial score (nSPS) is 12.8. The molecule has 0 aliphatic carbocycles. The smallest absolute Gasteiger partial charge is 0.255 e. The summed E-state index contributed by atoms with van der Waals surface area (Å²) >= 11 is 6.20. The van der Waals surface area contributed by atoms with Crippen LogP contribution in [-0.4, -0.2) is 26.0 Å². The summed E-state index contributed by atoms with van der Waals surface area (Å²) in [5.74, 6) is 0.640. The Morgan fingerprint density at radius 2 is 1.84 bits per heavy atom. The number of methoxy groups -OCH3 is 2. The predicted molar refractivity (Wildman–Crippen MR) is 95.9 cm³/mol. The number of hydrogen-bond donors (Lipinski definition) is 2. The summed E-state index contributed by atoms with van der Waals surface area (Å²) in [6.07, 6.45) is 1.03. The fourth-order valence-corrected chi connectivity index (χ4v) is 2.87. The Morgan fingerprint density at radius 3 is 2.56 bits per heavy atom. The highest BCUT2D eigenvalue weighted by Gasteiger charge is 2.18. The van der Waals surface area contributed by atoms with Gasteiger partial charge in [-0.1, -0.05) is 11.6 Å². The van der Waals surface area contributed by atoms with Crippen molar-refractivity contribution in [3.8, 4) is 11.5 Å². The van der Waals surface area contributed by atoms with Crippen molar-refractivity contribution in [2.75, 3.05) is 24.9 Å². The van der Waals surface area contributed by atoms with Gasteiger partial charge in [-0.3, -0.25) is 9.59 Å². The van der Waals surface area contributed by atoms with E-state index in [1.54, 1.807) is 30.3 Å². The van der Waals surface area contributed by atoms with E-state index < -0.39 is 0 Å². The number of ether oxygens (including phenoxy) is 2. The number of anilines is 2. The average molecular weight is 361 g/mol. The first-order valence-corrected chi connectivity index (χ1v) is 8.05. The summed E-state index contributed by atoms with van der Waals surface area (Å²) in [6, 6.07) is 8.36. The molecule has 2 amide bonds. The topological polar surface area (TPSA) is 76.7 Å². The molecule has 0 radical (unpaired) electrons. The Bertz CT molecular complexity index is 851. The Labute approximate surface area is 150 Å². The minimum absolute atomic E-state index is 0.0122. The van der Waals surface area contributed by atoms with Crippen LogP contribution in [0, 0.1) is 0 Å². The first-order valence-electron chi connectivity index (χ1n) is 7.67. The van der Waals surface area contributed by atoms with Gasteiger partial charge in [-0.05, 0) is 30.2 Å². The molecule has 0 saturated carbocycles. The molecule has 6 nitrogen and oxygen atoms in total. The van der Waals surface area contributed by atoms with Crippen LogP contribution in [-0.2, 0) is 11.2 Å². The van der Waals surface area contributed by atoms with Crippen LogP contribution in [0.1, 0.15) is 22.3 Å². The average Bonchev–Trinajstić information content (AvgIpc) is 2.62. The van der Waals surface area contributed by atoms with Gasteiger partial charge in [0.05, 0.1) is 24.9 Å². The highest BCUT2D eigenvalue weighted by Crippen LogP contribution is 2.36. The molecule has 130 valence electrons. The molecule has 7 heteroatoms. The van der Waals surface area contributed by atoms with Gasteiger partial charge in [0, 0.05) is 29.8 Å². The quantitative estimate of drug-likeness (QED) is 0.875. The highest BCUT2D eigenvalue weighted by molar-refractivity contribution is 6.34.